The van der Waals surface area contributed by atoms with Crippen LogP contribution in [0, 0.1) is 6.61 Å². The predicted molar refractivity (Wildman–Crippen MR) is 16.3 cm³/mol. The Kier molecular flexibility index (Phi) is 2.08. The van der Waals surface area contributed by atoms with Crippen LogP contribution in [0.3, 0.4) is 0 Å². The molecule has 0 aromatic heterocycles. The van der Waals surface area contributed by atoms with Crippen LogP contribution in [0.25, 0.3) is 0 Å². The highest BCUT2D eigenvalue weighted by molar-refractivity contribution is 4.59. The molecule has 0 N–H and O–H groups in total. The fraction of sp³-hybridized carbons (Fsp3) is 0.667. The molecule has 0 aromatic carbocycles. The third kappa shape index (κ3) is 5.75. The van der Waals surface area contributed by atoms with Crippen molar-refractivity contribution in [3.8, 4) is 0 Å². The van der Waals surface area contributed by atoms with Crippen LogP contribution in [0.4, 0.5) is 13.2 Å². The Hall–Kier alpha value is -0.250. The largest absolute Gasteiger partial charge is 0.424 e. The maximum atomic E-state index is 10.8. The van der Waals surface area contributed by atoms with Crippen LogP contribution >= 0.6 is 0 Å². The first-order valence-corrected chi connectivity index (χ1v) is 1.43. The number of alkyl halides is 3. The van der Waals surface area contributed by atoms with Crippen molar-refractivity contribution in [3.63, 3.8) is 0 Å². The van der Waals surface area contributed by atoms with Gasteiger partial charge in [-0.25, -0.2) is 0 Å². The molecule has 0 amide bonds. The van der Waals surface area contributed by atoms with Crippen molar-refractivity contribution in [2.24, 2.45) is 0 Å². The summed E-state index contributed by atoms with van der Waals surface area (Å²) in [4.78, 5) is 0. The van der Waals surface area contributed by atoms with E-state index in [1.807, 2.05) is 0 Å². The summed E-state index contributed by atoms with van der Waals surface area (Å²) in [6, 6.07) is 0. The maximum absolute atomic E-state index is 10.8. The van der Waals surface area contributed by atoms with Crippen LogP contribution in [0.5, 0.6) is 0 Å². The molecule has 7 heavy (non-hydrogen) atoms. The zero-order valence-corrected chi connectivity index (χ0v) is 3.54. The predicted octanol–water partition coefficient (Wildman–Crippen LogP) is 1.23. The summed E-state index contributed by atoms with van der Waals surface area (Å²) in [5, 5.41) is 0. The molecule has 2 radical (unpaired) electrons. The lowest BCUT2D eigenvalue weighted by atomic mass is 10.7. The van der Waals surface area contributed by atoms with E-state index in [0.717, 1.165) is 13.7 Å². The first kappa shape index (κ1) is 6.75. The highest BCUT2D eigenvalue weighted by atomic mass is 19.4. The molecular weight excluding hydrogens is 109 g/mol. The highest BCUT2D eigenvalue weighted by Crippen LogP contribution is 2.17. The normalized spacial score (nSPS) is 12.0. The number of hydrogen-bond donors (Lipinski definition) is 0. The van der Waals surface area contributed by atoms with Gasteiger partial charge in [-0.15, -0.1) is 0 Å². The molecular formula is C3H3F3O. The highest BCUT2D eigenvalue weighted by Gasteiger charge is 2.28. The van der Waals surface area contributed by atoms with Crippen molar-refractivity contribution in [1.29, 1.82) is 0 Å². The Morgan fingerprint density at radius 3 is 1.86 bits per heavy atom. The minimum absolute atomic E-state index is 0.785. The molecule has 0 spiro atoms. The average Bonchev–Trinajstić information content (AvgIpc) is 1.30. The van der Waals surface area contributed by atoms with Crippen molar-refractivity contribution in [3.05, 3.63) is 6.61 Å². The lowest BCUT2D eigenvalue weighted by molar-refractivity contribution is -0.132. The molecule has 0 bridgehead atoms. The van der Waals surface area contributed by atoms with E-state index in [-0.39, 0.29) is 0 Å². The van der Waals surface area contributed by atoms with E-state index in [0.29, 0.717) is 0 Å². The van der Waals surface area contributed by atoms with Gasteiger partial charge in [-0.2, -0.15) is 13.2 Å². The van der Waals surface area contributed by atoms with Gasteiger partial charge in [-0.3, -0.25) is 0 Å². The van der Waals surface area contributed by atoms with Crippen molar-refractivity contribution in [2.75, 3.05) is 7.11 Å². The molecule has 0 aliphatic heterocycles. The third-order valence-electron chi connectivity index (χ3n) is 0.218. The van der Waals surface area contributed by atoms with Crippen molar-refractivity contribution in [2.45, 2.75) is 6.18 Å². The van der Waals surface area contributed by atoms with Crippen molar-refractivity contribution < 1.29 is 17.9 Å². The number of hydrogen-bond acceptors (Lipinski definition) is 1. The van der Waals surface area contributed by atoms with Crippen LogP contribution < -0.4 is 0 Å². The van der Waals surface area contributed by atoms with Crippen LogP contribution in [-0.2, 0) is 4.74 Å². The summed E-state index contributed by atoms with van der Waals surface area (Å²) < 4.78 is 36.0. The zero-order valence-electron chi connectivity index (χ0n) is 3.54. The minimum Gasteiger partial charge on any atom is -0.363 e. The summed E-state index contributed by atoms with van der Waals surface area (Å²) in [6.45, 7) is 0.785. The Morgan fingerprint density at radius 2 is 1.86 bits per heavy atom. The second-order valence-electron chi connectivity index (χ2n) is 0.804. The molecule has 0 atom stereocenters. The lowest BCUT2D eigenvalue weighted by Crippen LogP contribution is -2.08. The molecule has 0 fully saturated rings. The molecule has 42 valence electrons. The van der Waals surface area contributed by atoms with E-state index in [4.69, 9.17) is 0 Å². The standard InChI is InChI=1S/C3H3F3O/c1-7-2-3(4,5)6/h1H3. The molecule has 0 aliphatic rings. The molecule has 0 aliphatic carbocycles. The molecule has 0 saturated heterocycles. The van der Waals surface area contributed by atoms with Crippen LogP contribution in [0.1, 0.15) is 0 Å². The monoisotopic (exact) mass is 112 g/mol. The van der Waals surface area contributed by atoms with Crippen LogP contribution in [-0.4, -0.2) is 13.3 Å². The van der Waals surface area contributed by atoms with Gasteiger partial charge in [-0.05, 0) is 0 Å². The van der Waals surface area contributed by atoms with Gasteiger partial charge in [0.15, 0.2) is 0 Å². The summed E-state index contributed by atoms with van der Waals surface area (Å²) in [5.41, 5.74) is 0. The van der Waals surface area contributed by atoms with Crippen LogP contribution in [0.15, 0.2) is 0 Å². The summed E-state index contributed by atoms with van der Waals surface area (Å²) in [5.74, 6) is 0. The first-order valence-electron chi connectivity index (χ1n) is 1.43. The van der Waals surface area contributed by atoms with Gasteiger partial charge >= 0.3 is 6.18 Å². The lowest BCUT2D eigenvalue weighted by Gasteiger charge is -1.98. The van der Waals surface area contributed by atoms with Gasteiger partial charge in [-0.1, -0.05) is 0 Å². The number of halogens is 3. The topological polar surface area (TPSA) is 9.23 Å². The number of methoxy groups -OCH3 is 1. The molecule has 1 nitrogen and oxygen atoms in total. The average molecular weight is 112 g/mol. The number of ether oxygens (including phenoxy) is 1. The second-order valence-corrected chi connectivity index (χ2v) is 0.804. The first-order chi connectivity index (χ1) is 3.06. The molecule has 0 aromatic rings. The summed E-state index contributed by atoms with van der Waals surface area (Å²) in [6.07, 6.45) is -4.42. The molecule has 0 heterocycles. The van der Waals surface area contributed by atoms with Crippen molar-refractivity contribution in [1.82, 2.24) is 0 Å². The van der Waals surface area contributed by atoms with Gasteiger partial charge in [0.2, 0.25) is 6.61 Å². The maximum Gasteiger partial charge on any atom is 0.424 e. The molecule has 4 heteroatoms. The van der Waals surface area contributed by atoms with E-state index < -0.39 is 6.18 Å². The third-order valence-corrected chi connectivity index (χ3v) is 0.218. The second kappa shape index (κ2) is 2.16. The van der Waals surface area contributed by atoms with E-state index in [1.54, 1.807) is 0 Å². The molecule has 0 rings (SSSR count). The molecule has 0 saturated carbocycles. The van der Waals surface area contributed by atoms with Crippen molar-refractivity contribution >= 4 is 0 Å². The Morgan fingerprint density at radius 1 is 1.43 bits per heavy atom. The Balaban J connectivity index is 3.15. The summed E-state index contributed by atoms with van der Waals surface area (Å²) in [7, 11) is 0.896. The van der Waals surface area contributed by atoms with Crippen LogP contribution in [0.2, 0.25) is 0 Å². The Bertz CT molecular complexity index is 48.6. The van der Waals surface area contributed by atoms with E-state index in [2.05, 4.69) is 4.74 Å². The fourth-order valence-corrected chi connectivity index (χ4v) is 0.116. The smallest absolute Gasteiger partial charge is 0.363 e. The quantitative estimate of drug-likeness (QED) is 0.495. The van der Waals surface area contributed by atoms with E-state index >= 15 is 0 Å². The van der Waals surface area contributed by atoms with Gasteiger partial charge < -0.3 is 4.74 Å². The minimum atomic E-state index is -4.42. The SMILES string of the molecule is CO[C]C(F)(F)F. The van der Waals surface area contributed by atoms with Gasteiger partial charge in [0.1, 0.15) is 0 Å². The zero-order chi connectivity index (χ0) is 5.91. The van der Waals surface area contributed by atoms with E-state index in [1.165, 1.54) is 0 Å². The number of rotatable bonds is 1. The van der Waals surface area contributed by atoms with Gasteiger partial charge in [0.25, 0.3) is 0 Å². The summed E-state index contributed by atoms with van der Waals surface area (Å²) >= 11 is 0. The van der Waals surface area contributed by atoms with Gasteiger partial charge in [0, 0.05) is 7.11 Å². The van der Waals surface area contributed by atoms with E-state index in [9.17, 15) is 13.2 Å². The Labute approximate surface area is 39.1 Å². The molecule has 0 unspecified atom stereocenters. The fourth-order valence-electron chi connectivity index (χ4n) is 0.116. The van der Waals surface area contributed by atoms with Gasteiger partial charge in [0.05, 0.1) is 0 Å².